The number of amides is 1. The van der Waals surface area contributed by atoms with Gasteiger partial charge < -0.3 is 19.5 Å². The first-order valence-electron chi connectivity index (χ1n) is 11.4. The SMILES string of the molecule is COc1ccc(CN2CCC[C@H]([C@H](NC(=O)[C@@H]3CCCO3)c3ccccn3)C2)cc1OC. The Morgan fingerprint density at radius 1 is 1.19 bits per heavy atom. The molecule has 0 unspecified atom stereocenters. The zero-order valence-corrected chi connectivity index (χ0v) is 19.0. The highest BCUT2D eigenvalue weighted by Crippen LogP contribution is 2.32. The molecule has 2 aromatic rings. The molecular weight excluding hydrogens is 406 g/mol. The van der Waals surface area contributed by atoms with Crippen LogP contribution < -0.4 is 14.8 Å². The predicted octanol–water partition coefficient (Wildman–Crippen LogP) is 3.35. The van der Waals surface area contributed by atoms with E-state index < -0.39 is 0 Å². The Hall–Kier alpha value is -2.64. The molecule has 3 heterocycles. The number of pyridine rings is 1. The number of methoxy groups -OCH3 is 2. The van der Waals surface area contributed by atoms with Crippen molar-refractivity contribution in [3.05, 3.63) is 53.9 Å². The first kappa shape index (κ1) is 22.6. The van der Waals surface area contributed by atoms with E-state index in [0.29, 0.717) is 6.61 Å². The maximum atomic E-state index is 12.9. The van der Waals surface area contributed by atoms with Crippen LogP contribution >= 0.6 is 0 Å². The van der Waals surface area contributed by atoms with Gasteiger partial charge in [-0.3, -0.25) is 14.7 Å². The predicted molar refractivity (Wildman–Crippen MR) is 122 cm³/mol. The lowest BCUT2D eigenvalue weighted by Gasteiger charge is -2.37. The second-order valence-electron chi connectivity index (χ2n) is 8.57. The second kappa shape index (κ2) is 10.8. The smallest absolute Gasteiger partial charge is 0.249 e. The van der Waals surface area contributed by atoms with Crippen LogP contribution in [0, 0.1) is 5.92 Å². The van der Waals surface area contributed by atoms with Crippen LogP contribution in [0.1, 0.15) is 43.0 Å². The highest BCUT2D eigenvalue weighted by atomic mass is 16.5. The molecule has 0 aliphatic carbocycles. The Bertz CT molecular complexity index is 886. The van der Waals surface area contributed by atoms with E-state index in [1.165, 1.54) is 5.56 Å². The third kappa shape index (κ3) is 5.40. The largest absolute Gasteiger partial charge is 0.493 e. The summed E-state index contributed by atoms with van der Waals surface area (Å²) in [4.78, 5) is 19.9. The Morgan fingerprint density at radius 2 is 2.06 bits per heavy atom. The van der Waals surface area contributed by atoms with Crippen LogP contribution in [0.2, 0.25) is 0 Å². The number of aromatic nitrogens is 1. The van der Waals surface area contributed by atoms with Crippen molar-refractivity contribution in [1.29, 1.82) is 0 Å². The summed E-state index contributed by atoms with van der Waals surface area (Å²) in [6.07, 6.45) is 5.32. The van der Waals surface area contributed by atoms with E-state index in [0.717, 1.165) is 62.5 Å². The minimum Gasteiger partial charge on any atom is -0.493 e. The first-order valence-corrected chi connectivity index (χ1v) is 11.4. The number of rotatable bonds is 8. The Labute approximate surface area is 190 Å². The molecule has 0 saturated carbocycles. The molecule has 2 fully saturated rings. The van der Waals surface area contributed by atoms with Gasteiger partial charge in [-0.05, 0) is 68.0 Å². The van der Waals surface area contributed by atoms with Crippen molar-refractivity contribution in [1.82, 2.24) is 15.2 Å². The lowest BCUT2D eigenvalue weighted by molar-refractivity contribution is -0.131. The van der Waals surface area contributed by atoms with Crippen LogP contribution in [-0.2, 0) is 16.1 Å². The van der Waals surface area contributed by atoms with Gasteiger partial charge in [0, 0.05) is 25.9 Å². The van der Waals surface area contributed by atoms with Gasteiger partial charge in [0.15, 0.2) is 11.5 Å². The summed E-state index contributed by atoms with van der Waals surface area (Å²) in [7, 11) is 3.31. The molecule has 2 aliphatic rings. The van der Waals surface area contributed by atoms with Gasteiger partial charge in [0.1, 0.15) is 6.10 Å². The van der Waals surface area contributed by atoms with E-state index in [2.05, 4.69) is 21.3 Å². The highest BCUT2D eigenvalue weighted by molar-refractivity contribution is 5.81. The quantitative estimate of drug-likeness (QED) is 0.680. The van der Waals surface area contributed by atoms with Gasteiger partial charge >= 0.3 is 0 Å². The summed E-state index contributed by atoms with van der Waals surface area (Å²) in [6, 6.07) is 11.9. The fraction of sp³-hybridized carbons (Fsp3) is 0.520. The fourth-order valence-electron chi connectivity index (χ4n) is 4.77. The van der Waals surface area contributed by atoms with E-state index in [-0.39, 0.29) is 24.0 Å². The molecule has 2 aliphatic heterocycles. The second-order valence-corrected chi connectivity index (χ2v) is 8.57. The van der Waals surface area contributed by atoms with Crippen LogP contribution in [0.15, 0.2) is 42.6 Å². The van der Waals surface area contributed by atoms with Crippen LogP contribution in [-0.4, -0.2) is 55.8 Å². The molecule has 4 rings (SSSR count). The Morgan fingerprint density at radius 3 is 2.78 bits per heavy atom. The molecule has 0 bridgehead atoms. The zero-order chi connectivity index (χ0) is 22.3. The number of likely N-dealkylation sites (tertiary alicyclic amines) is 1. The zero-order valence-electron chi connectivity index (χ0n) is 19.0. The van der Waals surface area contributed by atoms with E-state index in [9.17, 15) is 4.79 Å². The molecule has 1 amide bonds. The minimum absolute atomic E-state index is 0.0184. The van der Waals surface area contributed by atoms with Gasteiger partial charge in [0.2, 0.25) is 5.91 Å². The molecule has 0 radical (unpaired) electrons. The monoisotopic (exact) mass is 439 g/mol. The summed E-state index contributed by atoms with van der Waals surface area (Å²) >= 11 is 0. The molecule has 7 nitrogen and oxygen atoms in total. The number of hydrogen-bond donors (Lipinski definition) is 1. The lowest BCUT2D eigenvalue weighted by Crippen LogP contribution is -2.45. The Kier molecular flexibility index (Phi) is 7.60. The maximum absolute atomic E-state index is 12.9. The standard InChI is InChI=1S/C25H33N3O4/c1-30-21-11-10-18(15-23(21)31-2)16-28-13-5-7-19(17-28)24(20-8-3-4-12-26-20)27-25(29)22-9-6-14-32-22/h3-4,8,10-12,15,19,22,24H,5-7,9,13-14,16-17H2,1-2H3,(H,27,29)/t19-,22-,24-/m0/s1. The van der Waals surface area contributed by atoms with Crippen molar-refractivity contribution in [3.8, 4) is 11.5 Å². The average Bonchev–Trinajstić information content (AvgIpc) is 3.38. The third-order valence-corrected chi connectivity index (χ3v) is 6.39. The molecule has 1 aromatic heterocycles. The number of carbonyl (C=O) groups is 1. The van der Waals surface area contributed by atoms with E-state index >= 15 is 0 Å². The molecular formula is C25H33N3O4. The van der Waals surface area contributed by atoms with Crippen molar-refractivity contribution in [2.45, 2.75) is 44.4 Å². The maximum Gasteiger partial charge on any atom is 0.249 e. The summed E-state index contributed by atoms with van der Waals surface area (Å²) in [5.74, 6) is 1.74. The third-order valence-electron chi connectivity index (χ3n) is 6.39. The van der Waals surface area contributed by atoms with Crippen molar-refractivity contribution >= 4 is 5.91 Å². The number of piperidine rings is 1. The average molecular weight is 440 g/mol. The number of carbonyl (C=O) groups excluding carboxylic acids is 1. The lowest BCUT2D eigenvalue weighted by atomic mass is 9.88. The minimum atomic E-state index is -0.340. The molecule has 7 heteroatoms. The molecule has 32 heavy (non-hydrogen) atoms. The number of benzene rings is 1. The Balaban J connectivity index is 1.47. The van der Waals surface area contributed by atoms with Gasteiger partial charge in [0.05, 0.1) is 26.0 Å². The van der Waals surface area contributed by atoms with Gasteiger partial charge in [-0.1, -0.05) is 12.1 Å². The molecule has 0 spiro atoms. The summed E-state index contributed by atoms with van der Waals surface area (Å²) in [5.41, 5.74) is 2.10. The first-order chi connectivity index (χ1) is 15.7. The van der Waals surface area contributed by atoms with E-state index in [1.54, 1.807) is 20.4 Å². The van der Waals surface area contributed by atoms with Crippen molar-refractivity contribution < 1.29 is 19.0 Å². The highest BCUT2D eigenvalue weighted by Gasteiger charge is 2.33. The molecule has 172 valence electrons. The number of nitrogens with one attached hydrogen (secondary N) is 1. The molecule has 1 N–H and O–H groups in total. The number of nitrogens with zero attached hydrogens (tertiary/aromatic N) is 2. The molecule has 3 atom stereocenters. The van der Waals surface area contributed by atoms with Gasteiger partial charge in [-0.25, -0.2) is 0 Å². The van der Waals surface area contributed by atoms with Crippen LogP contribution in [0.3, 0.4) is 0 Å². The van der Waals surface area contributed by atoms with Crippen LogP contribution in [0.5, 0.6) is 11.5 Å². The molecule has 2 saturated heterocycles. The van der Waals surface area contributed by atoms with Crippen LogP contribution in [0.25, 0.3) is 0 Å². The van der Waals surface area contributed by atoms with Gasteiger partial charge in [0.25, 0.3) is 0 Å². The van der Waals surface area contributed by atoms with Gasteiger partial charge in [-0.2, -0.15) is 0 Å². The van der Waals surface area contributed by atoms with Crippen molar-refractivity contribution in [2.75, 3.05) is 33.9 Å². The van der Waals surface area contributed by atoms with Crippen molar-refractivity contribution in [3.63, 3.8) is 0 Å². The summed E-state index contributed by atoms with van der Waals surface area (Å²) in [6.45, 7) is 3.40. The normalized spacial score (nSPS) is 22.3. The number of hydrogen-bond acceptors (Lipinski definition) is 6. The van der Waals surface area contributed by atoms with Gasteiger partial charge in [-0.15, -0.1) is 0 Å². The number of ether oxygens (including phenoxy) is 3. The van der Waals surface area contributed by atoms with Crippen LogP contribution in [0.4, 0.5) is 0 Å². The fourth-order valence-corrected chi connectivity index (χ4v) is 4.77. The summed E-state index contributed by atoms with van der Waals surface area (Å²) in [5, 5.41) is 3.27. The van der Waals surface area contributed by atoms with Crippen molar-refractivity contribution in [2.24, 2.45) is 5.92 Å². The van der Waals surface area contributed by atoms with E-state index in [4.69, 9.17) is 14.2 Å². The summed E-state index contributed by atoms with van der Waals surface area (Å²) < 4.78 is 16.4. The van der Waals surface area contributed by atoms with E-state index in [1.807, 2.05) is 30.3 Å². The molecule has 1 aromatic carbocycles. The topological polar surface area (TPSA) is 72.9 Å².